The van der Waals surface area contributed by atoms with Crippen LogP contribution in [0.3, 0.4) is 0 Å². The molecule has 30 heavy (non-hydrogen) atoms. The van der Waals surface area contributed by atoms with Gasteiger partial charge in [0, 0.05) is 38.1 Å². The van der Waals surface area contributed by atoms with Gasteiger partial charge in [-0.3, -0.25) is 19.6 Å². The third-order valence-electron chi connectivity index (χ3n) is 5.56. The van der Waals surface area contributed by atoms with Crippen LogP contribution in [0.4, 0.5) is 0 Å². The summed E-state index contributed by atoms with van der Waals surface area (Å²) in [6, 6.07) is 13.3. The minimum atomic E-state index is 0.108. The SMILES string of the molecule is CC(C)Cc1ccc(CN2CCCC(NC(=O)CN(C)Cc3ccncc3)C2)cc1. The number of piperidine rings is 1. The van der Waals surface area contributed by atoms with Crippen molar-refractivity contribution in [1.82, 2.24) is 20.1 Å². The van der Waals surface area contributed by atoms with Crippen LogP contribution in [0.5, 0.6) is 0 Å². The van der Waals surface area contributed by atoms with Gasteiger partial charge in [0.25, 0.3) is 0 Å². The Bertz CT molecular complexity index is 775. The van der Waals surface area contributed by atoms with Gasteiger partial charge in [0.15, 0.2) is 0 Å². The Morgan fingerprint density at radius 3 is 2.53 bits per heavy atom. The second kappa shape index (κ2) is 11.2. The number of nitrogens with one attached hydrogen (secondary N) is 1. The molecule has 0 saturated carbocycles. The topological polar surface area (TPSA) is 48.5 Å². The van der Waals surface area contributed by atoms with Crippen LogP contribution in [-0.4, -0.2) is 53.4 Å². The largest absolute Gasteiger partial charge is 0.351 e. The highest BCUT2D eigenvalue weighted by Gasteiger charge is 2.22. The molecule has 1 amide bonds. The van der Waals surface area contributed by atoms with E-state index in [4.69, 9.17) is 0 Å². The van der Waals surface area contributed by atoms with Crippen LogP contribution in [0.15, 0.2) is 48.8 Å². The standard InChI is InChI=1S/C25H36N4O/c1-20(2)15-21-6-8-22(9-7-21)17-29-14-4-5-24(18-29)27-25(30)19-28(3)16-23-10-12-26-13-11-23/h6-13,20,24H,4-5,14-19H2,1-3H3,(H,27,30). The summed E-state index contributed by atoms with van der Waals surface area (Å²) in [5, 5.41) is 3.25. The number of carbonyl (C=O) groups is 1. The lowest BCUT2D eigenvalue weighted by Crippen LogP contribution is -2.49. The molecule has 1 atom stereocenters. The maximum Gasteiger partial charge on any atom is 0.234 e. The monoisotopic (exact) mass is 408 g/mol. The van der Waals surface area contributed by atoms with Gasteiger partial charge in [0.05, 0.1) is 6.54 Å². The van der Waals surface area contributed by atoms with Gasteiger partial charge < -0.3 is 5.32 Å². The maximum absolute atomic E-state index is 12.5. The second-order valence-corrected chi connectivity index (χ2v) is 9.08. The quantitative estimate of drug-likeness (QED) is 0.690. The molecule has 5 heteroatoms. The van der Waals surface area contributed by atoms with E-state index in [0.717, 1.165) is 45.4 Å². The smallest absolute Gasteiger partial charge is 0.234 e. The highest BCUT2D eigenvalue weighted by molar-refractivity contribution is 5.78. The molecule has 0 aliphatic carbocycles. The first-order valence-corrected chi connectivity index (χ1v) is 11.1. The van der Waals surface area contributed by atoms with Crippen molar-refractivity contribution in [1.29, 1.82) is 0 Å². The van der Waals surface area contributed by atoms with Crippen molar-refractivity contribution in [3.63, 3.8) is 0 Å². The Hall–Kier alpha value is -2.24. The molecule has 2 heterocycles. The van der Waals surface area contributed by atoms with E-state index in [9.17, 15) is 4.79 Å². The van der Waals surface area contributed by atoms with Gasteiger partial charge in [0.2, 0.25) is 5.91 Å². The van der Waals surface area contributed by atoms with Crippen molar-refractivity contribution < 1.29 is 4.79 Å². The Kier molecular flexibility index (Phi) is 8.40. The van der Waals surface area contributed by atoms with Gasteiger partial charge in [-0.1, -0.05) is 38.1 Å². The van der Waals surface area contributed by atoms with Crippen molar-refractivity contribution >= 4 is 5.91 Å². The number of pyridine rings is 1. The number of carbonyl (C=O) groups excluding carboxylic acids is 1. The average Bonchev–Trinajstić information content (AvgIpc) is 2.70. The van der Waals surface area contributed by atoms with Gasteiger partial charge in [-0.25, -0.2) is 0 Å². The first kappa shape index (κ1) is 22.4. The average molecular weight is 409 g/mol. The Labute approximate surface area is 181 Å². The lowest BCUT2D eigenvalue weighted by molar-refractivity contribution is -0.123. The lowest BCUT2D eigenvalue weighted by atomic mass is 10.0. The number of likely N-dealkylation sites (tertiary alicyclic amines) is 1. The van der Waals surface area contributed by atoms with Crippen LogP contribution in [0.25, 0.3) is 0 Å². The highest BCUT2D eigenvalue weighted by atomic mass is 16.2. The van der Waals surface area contributed by atoms with E-state index in [2.05, 4.69) is 53.3 Å². The molecule has 1 aromatic heterocycles. The number of nitrogens with zero attached hydrogens (tertiary/aromatic N) is 3. The van der Waals surface area contributed by atoms with Crippen molar-refractivity contribution in [2.45, 2.75) is 52.2 Å². The molecule has 1 aromatic carbocycles. The van der Waals surface area contributed by atoms with Crippen molar-refractivity contribution in [3.05, 3.63) is 65.5 Å². The van der Waals surface area contributed by atoms with Gasteiger partial charge in [-0.2, -0.15) is 0 Å². The molecule has 1 aliphatic rings. The van der Waals surface area contributed by atoms with Crippen LogP contribution in [-0.2, 0) is 24.3 Å². The summed E-state index contributed by atoms with van der Waals surface area (Å²) in [6.45, 7) is 8.65. The number of hydrogen-bond acceptors (Lipinski definition) is 4. The van der Waals surface area contributed by atoms with Crippen LogP contribution < -0.4 is 5.32 Å². The number of rotatable bonds is 9. The predicted molar refractivity (Wildman–Crippen MR) is 122 cm³/mol. The number of benzene rings is 1. The molecule has 1 fully saturated rings. The van der Waals surface area contributed by atoms with E-state index in [1.807, 2.05) is 24.1 Å². The zero-order chi connectivity index (χ0) is 21.3. The van der Waals surface area contributed by atoms with Crippen LogP contribution in [0.1, 0.15) is 43.4 Å². The van der Waals surface area contributed by atoms with Gasteiger partial charge in [0.1, 0.15) is 0 Å². The third-order valence-corrected chi connectivity index (χ3v) is 5.56. The number of amides is 1. The van der Waals surface area contributed by atoms with Crippen molar-refractivity contribution in [2.24, 2.45) is 5.92 Å². The normalized spacial score (nSPS) is 17.4. The Morgan fingerprint density at radius 1 is 1.13 bits per heavy atom. The molecule has 1 unspecified atom stereocenters. The molecule has 0 bridgehead atoms. The van der Waals surface area contributed by atoms with E-state index < -0.39 is 0 Å². The summed E-state index contributed by atoms with van der Waals surface area (Å²) in [5.74, 6) is 0.794. The summed E-state index contributed by atoms with van der Waals surface area (Å²) in [4.78, 5) is 21.1. The molecular weight excluding hydrogens is 372 g/mol. The Balaban J connectivity index is 1.43. The summed E-state index contributed by atoms with van der Waals surface area (Å²) in [7, 11) is 1.98. The molecule has 0 spiro atoms. The molecular formula is C25H36N4O. The fourth-order valence-corrected chi connectivity index (χ4v) is 4.20. The minimum absolute atomic E-state index is 0.108. The molecule has 1 N–H and O–H groups in total. The molecule has 1 saturated heterocycles. The van der Waals surface area contributed by atoms with Gasteiger partial charge >= 0.3 is 0 Å². The predicted octanol–water partition coefficient (Wildman–Crippen LogP) is 3.49. The van der Waals surface area contributed by atoms with Gasteiger partial charge in [-0.15, -0.1) is 0 Å². The molecule has 3 rings (SSSR count). The molecule has 0 radical (unpaired) electrons. The highest BCUT2D eigenvalue weighted by Crippen LogP contribution is 2.16. The molecule has 2 aromatic rings. The van der Waals surface area contributed by atoms with E-state index in [-0.39, 0.29) is 11.9 Å². The Morgan fingerprint density at radius 2 is 1.83 bits per heavy atom. The summed E-state index contributed by atoms with van der Waals surface area (Å²) >= 11 is 0. The first-order chi connectivity index (χ1) is 14.5. The van der Waals surface area contributed by atoms with E-state index in [0.29, 0.717) is 12.5 Å². The van der Waals surface area contributed by atoms with Crippen molar-refractivity contribution in [3.8, 4) is 0 Å². The third kappa shape index (κ3) is 7.54. The van der Waals surface area contributed by atoms with Gasteiger partial charge in [-0.05, 0) is 67.6 Å². The van der Waals surface area contributed by atoms with E-state index in [1.165, 1.54) is 16.7 Å². The lowest BCUT2D eigenvalue weighted by Gasteiger charge is -2.33. The van der Waals surface area contributed by atoms with Crippen LogP contribution in [0, 0.1) is 5.92 Å². The summed E-state index contributed by atoms with van der Waals surface area (Å²) in [6.07, 6.45) is 6.90. The fourth-order valence-electron chi connectivity index (χ4n) is 4.20. The second-order valence-electron chi connectivity index (χ2n) is 9.08. The minimum Gasteiger partial charge on any atom is -0.351 e. The van der Waals surface area contributed by atoms with Crippen LogP contribution >= 0.6 is 0 Å². The van der Waals surface area contributed by atoms with Crippen molar-refractivity contribution in [2.75, 3.05) is 26.7 Å². The molecule has 1 aliphatic heterocycles. The zero-order valence-corrected chi connectivity index (χ0v) is 18.7. The zero-order valence-electron chi connectivity index (χ0n) is 18.7. The summed E-state index contributed by atoms with van der Waals surface area (Å²) in [5.41, 5.74) is 3.93. The van der Waals surface area contributed by atoms with Crippen LogP contribution in [0.2, 0.25) is 0 Å². The number of hydrogen-bond donors (Lipinski definition) is 1. The van der Waals surface area contributed by atoms with E-state index >= 15 is 0 Å². The molecule has 162 valence electrons. The maximum atomic E-state index is 12.5. The summed E-state index contributed by atoms with van der Waals surface area (Å²) < 4.78 is 0. The number of likely N-dealkylation sites (N-methyl/N-ethyl adjacent to an activating group) is 1. The van der Waals surface area contributed by atoms with E-state index in [1.54, 1.807) is 12.4 Å². The molecule has 5 nitrogen and oxygen atoms in total. The first-order valence-electron chi connectivity index (χ1n) is 11.1. The number of aromatic nitrogens is 1. The fraction of sp³-hybridized carbons (Fsp3) is 0.520.